The number of aryl methyl sites for hydroxylation is 1. The average molecular weight is 393 g/mol. The molecule has 0 spiro atoms. The standard InChI is InChI=1S/C20H31F4NO2/c1-2-3-4-5-6-13-27-18-8-7-16(14-17(18)20(22,23)24)9-10-19(25,15-26)11-12-21/h7-8,14,26H,2-6,9-13,15,25H2,1H3. The molecule has 0 aliphatic carbocycles. The summed E-state index contributed by atoms with van der Waals surface area (Å²) in [7, 11) is 0. The molecule has 3 nitrogen and oxygen atoms in total. The average Bonchev–Trinajstić information content (AvgIpc) is 2.63. The minimum Gasteiger partial charge on any atom is -0.493 e. The highest BCUT2D eigenvalue weighted by atomic mass is 19.4. The van der Waals surface area contributed by atoms with Gasteiger partial charge in [-0.3, -0.25) is 4.39 Å². The van der Waals surface area contributed by atoms with Crippen molar-refractivity contribution in [1.29, 1.82) is 0 Å². The number of ether oxygens (including phenoxy) is 1. The molecule has 0 aromatic heterocycles. The van der Waals surface area contributed by atoms with Crippen molar-refractivity contribution in [2.24, 2.45) is 5.73 Å². The number of aliphatic hydroxyl groups is 1. The topological polar surface area (TPSA) is 55.5 Å². The second-order valence-electron chi connectivity index (χ2n) is 7.05. The summed E-state index contributed by atoms with van der Waals surface area (Å²) < 4.78 is 58.0. The zero-order valence-corrected chi connectivity index (χ0v) is 16.0. The summed E-state index contributed by atoms with van der Waals surface area (Å²) in [6, 6.07) is 3.95. The molecular weight excluding hydrogens is 362 g/mol. The molecule has 0 fully saturated rings. The van der Waals surface area contributed by atoms with Crippen LogP contribution < -0.4 is 10.5 Å². The highest BCUT2D eigenvalue weighted by Crippen LogP contribution is 2.37. The van der Waals surface area contributed by atoms with Crippen LogP contribution >= 0.6 is 0 Å². The summed E-state index contributed by atoms with van der Waals surface area (Å²) >= 11 is 0. The quantitative estimate of drug-likeness (QED) is 0.365. The van der Waals surface area contributed by atoms with Crippen LogP contribution in [0.25, 0.3) is 0 Å². The van der Waals surface area contributed by atoms with Gasteiger partial charge in [-0.25, -0.2) is 0 Å². The Balaban J connectivity index is 2.75. The van der Waals surface area contributed by atoms with E-state index in [1.165, 1.54) is 6.07 Å². The molecule has 1 rings (SSSR count). The number of halogens is 4. The Kier molecular flexibility index (Phi) is 10.1. The number of alkyl halides is 4. The monoisotopic (exact) mass is 393 g/mol. The second kappa shape index (κ2) is 11.5. The van der Waals surface area contributed by atoms with Crippen molar-refractivity contribution in [3.8, 4) is 5.75 Å². The number of aliphatic hydroxyl groups excluding tert-OH is 1. The van der Waals surface area contributed by atoms with Gasteiger partial charge in [-0.05, 0) is 43.4 Å². The van der Waals surface area contributed by atoms with Crippen LogP contribution in [-0.2, 0) is 12.6 Å². The molecule has 27 heavy (non-hydrogen) atoms. The van der Waals surface area contributed by atoms with E-state index in [4.69, 9.17) is 10.5 Å². The Bertz CT molecular complexity index is 551. The smallest absolute Gasteiger partial charge is 0.419 e. The van der Waals surface area contributed by atoms with E-state index >= 15 is 0 Å². The summed E-state index contributed by atoms with van der Waals surface area (Å²) in [4.78, 5) is 0. The van der Waals surface area contributed by atoms with Crippen LogP contribution in [0.15, 0.2) is 18.2 Å². The van der Waals surface area contributed by atoms with Crippen LogP contribution in [0.4, 0.5) is 17.6 Å². The van der Waals surface area contributed by atoms with Crippen molar-refractivity contribution in [2.45, 2.75) is 70.0 Å². The third kappa shape index (κ3) is 8.47. The largest absolute Gasteiger partial charge is 0.493 e. The van der Waals surface area contributed by atoms with Crippen LogP contribution in [0, 0.1) is 0 Å². The minimum atomic E-state index is -4.52. The van der Waals surface area contributed by atoms with Crippen molar-refractivity contribution in [2.75, 3.05) is 19.9 Å². The van der Waals surface area contributed by atoms with Gasteiger partial charge in [0.2, 0.25) is 0 Å². The Hall–Kier alpha value is -1.34. The maximum Gasteiger partial charge on any atom is 0.419 e. The number of unbranched alkanes of at least 4 members (excludes halogenated alkanes) is 4. The van der Waals surface area contributed by atoms with E-state index in [0.29, 0.717) is 12.0 Å². The SMILES string of the molecule is CCCCCCCOc1ccc(CCC(N)(CO)CCF)cc1C(F)(F)F. The van der Waals surface area contributed by atoms with E-state index in [1.807, 2.05) is 0 Å². The van der Waals surface area contributed by atoms with Gasteiger partial charge in [0.1, 0.15) is 5.75 Å². The van der Waals surface area contributed by atoms with Gasteiger partial charge in [-0.1, -0.05) is 38.7 Å². The molecule has 0 aliphatic rings. The lowest BCUT2D eigenvalue weighted by Gasteiger charge is -2.26. The maximum absolute atomic E-state index is 13.4. The van der Waals surface area contributed by atoms with Crippen molar-refractivity contribution >= 4 is 0 Å². The van der Waals surface area contributed by atoms with E-state index in [0.717, 1.165) is 31.7 Å². The summed E-state index contributed by atoms with van der Waals surface area (Å²) in [5, 5.41) is 9.31. The Morgan fingerprint density at radius 1 is 1.07 bits per heavy atom. The molecule has 3 N–H and O–H groups in total. The first kappa shape index (κ1) is 23.7. The first-order valence-corrected chi connectivity index (χ1v) is 9.54. The number of nitrogens with two attached hydrogens (primary N) is 1. The zero-order chi connectivity index (χ0) is 20.3. The normalized spacial score (nSPS) is 14.2. The molecule has 0 heterocycles. The van der Waals surface area contributed by atoms with Gasteiger partial charge in [-0.15, -0.1) is 0 Å². The first-order chi connectivity index (χ1) is 12.8. The Morgan fingerprint density at radius 2 is 1.78 bits per heavy atom. The van der Waals surface area contributed by atoms with Crippen LogP contribution in [-0.4, -0.2) is 30.5 Å². The lowest BCUT2D eigenvalue weighted by atomic mass is 9.90. The molecule has 0 saturated carbocycles. The molecule has 1 unspecified atom stereocenters. The van der Waals surface area contributed by atoms with Gasteiger partial charge in [-0.2, -0.15) is 13.2 Å². The lowest BCUT2D eigenvalue weighted by molar-refractivity contribution is -0.139. The van der Waals surface area contributed by atoms with Gasteiger partial charge in [0.15, 0.2) is 0 Å². The highest BCUT2D eigenvalue weighted by Gasteiger charge is 2.35. The highest BCUT2D eigenvalue weighted by molar-refractivity contribution is 5.39. The summed E-state index contributed by atoms with van der Waals surface area (Å²) in [5.41, 5.74) is 4.38. The van der Waals surface area contributed by atoms with Crippen LogP contribution in [0.1, 0.15) is 63.0 Å². The third-order valence-corrected chi connectivity index (χ3v) is 4.67. The fourth-order valence-corrected chi connectivity index (χ4v) is 2.83. The maximum atomic E-state index is 13.4. The molecule has 0 radical (unpaired) electrons. The molecule has 0 aliphatic heterocycles. The van der Waals surface area contributed by atoms with E-state index in [9.17, 15) is 22.7 Å². The minimum absolute atomic E-state index is 0.0329. The van der Waals surface area contributed by atoms with E-state index < -0.39 is 30.6 Å². The molecule has 1 aromatic rings. The van der Waals surface area contributed by atoms with Crippen LogP contribution in [0.5, 0.6) is 5.75 Å². The van der Waals surface area contributed by atoms with E-state index in [2.05, 4.69) is 6.92 Å². The van der Waals surface area contributed by atoms with Gasteiger partial charge in [0.25, 0.3) is 0 Å². The van der Waals surface area contributed by atoms with E-state index in [-0.39, 0.29) is 31.6 Å². The number of benzene rings is 1. The fraction of sp³-hybridized carbons (Fsp3) is 0.700. The molecule has 0 saturated heterocycles. The predicted molar refractivity (Wildman–Crippen MR) is 98.6 cm³/mol. The zero-order valence-electron chi connectivity index (χ0n) is 16.0. The van der Waals surface area contributed by atoms with E-state index in [1.54, 1.807) is 6.07 Å². The van der Waals surface area contributed by atoms with Gasteiger partial charge < -0.3 is 15.6 Å². The molecule has 1 aromatic carbocycles. The van der Waals surface area contributed by atoms with Gasteiger partial charge >= 0.3 is 6.18 Å². The second-order valence-corrected chi connectivity index (χ2v) is 7.05. The predicted octanol–water partition coefficient (Wildman–Crippen LogP) is 5.04. The Morgan fingerprint density at radius 3 is 2.37 bits per heavy atom. The molecule has 156 valence electrons. The third-order valence-electron chi connectivity index (χ3n) is 4.67. The lowest BCUT2D eigenvalue weighted by Crippen LogP contribution is -2.44. The van der Waals surface area contributed by atoms with Crippen molar-refractivity contribution in [3.05, 3.63) is 29.3 Å². The molecular formula is C20H31F4NO2. The van der Waals surface area contributed by atoms with Crippen molar-refractivity contribution < 1.29 is 27.4 Å². The van der Waals surface area contributed by atoms with Crippen molar-refractivity contribution in [3.63, 3.8) is 0 Å². The summed E-state index contributed by atoms with van der Waals surface area (Å²) in [6.45, 7) is 1.25. The fourth-order valence-electron chi connectivity index (χ4n) is 2.83. The van der Waals surface area contributed by atoms with Gasteiger partial charge in [0, 0.05) is 5.54 Å². The first-order valence-electron chi connectivity index (χ1n) is 9.54. The summed E-state index contributed by atoms with van der Waals surface area (Å²) in [5.74, 6) is -0.174. The summed E-state index contributed by atoms with van der Waals surface area (Å²) in [6.07, 6.45) is 0.775. The molecule has 0 amide bonds. The van der Waals surface area contributed by atoms with Crippen LogP contribution in [0.3, 0.4) is 0 Å². The Labute approximate surface area is 158 Å². The molecule has 7 heteroatoms. The molecule has 1 atom stereocenters. The van der Waals surface area contributed by atoms with Gasteiger partial charge in [0.05, 0.1) is 25.5 Å². The number of rotatable bonds is 13. The molecule has 0 bridgehead atoms. The number of hydrogen-bond donors (Lipinski definition) is 2. The number of hydrogen-bond acceptors (Lipinski definition) is 3. The van der Waals surface area contributed by atoms with Crippen LogP contribution in [0.2, 0.25) is 0 Å². The van der Waals surface area contributed by atoms with Crippen molar-refractivity contribution in [1.82, 2.24) is 0 Å².